The van der Waals surface area contributed by atoms with Gasteiger partial charge in [0.25, 0.3) is 11.8 Å². The van der Waals surface area contributed by atoms with E-state index in [2.05, 4.69) is 26.3 Å². The molecule has 1 atom stereocenters. The van der Waals surface area contributed by atoms with Crippen molar-refractivity contribution < 1.29 is 45.6 Å². The Morgan fingerprint density at radius 1 is 1.10 bits per heavy atom. The van der Waals surface area contributed by atoms with Gasteiger partial charge in [0.15, 0.2) is 17.9 Å². The zero-order valence-electron chi connectivity index (χ0n) is 25.2. The van der Waals surface area contributed by atoms with Crippen molar-refractivity contribution in [1.82, 2.24) is 9.78 Å². The number of nitrogens with zero attached hydrogens (tertiary/aromatic N) is 3. The van der Waals surface area contributed by atoms with Crippen LogP contribution in [0.3, 0.4) is 0 Å². The number of hydrogen-bond acceptors (Lipinski definition) is 6. The number of benzene rings is 4. The molecule has 50 heavy (non-hydrogen) atoms. The van der Waals surface area contributed by atoms with Gasteiger partial charge in [-0.25, -0.2) is 8.78 Å². The number of ether oxygens (including phenoxy) is 1. The van der Waals surface area contributed by atoms with Crippen molar-refractivity contribution >= 4 is 96.5 Å². The summed E-state index contributed by atoms with van der Waals surface area (Å²) in [7, 11) is 1.38. The van der Waals surface area contributed by atoms with E-state index in [1.165, 1.54) is 36.0 Å². The molecule has 1 aromatic heterocycles. The molecule has 260 valence electrons. The van der Waals surface area contributed by atoms with E-state index in [4.69, 9.17) is 20.9 Å². The van der Waals surface area contributed by atoms with Gasteiger partial charge < -0.3 is 14.6 Å². The smallest absolute Gasteiger partial charge is 0.416 e. The highest BCUT2D eigenvalue weighted by Gasteiger charge is 2.33. The normalized spacial score (nSPS) is 11.7. The van der Waals surface area contributed by atoms with E-state index >= 15 is 0 Å². The van der Waals surface area contributed by atoms with E-state index < -0.39 is 40.8 Å². The number of nitrogens with one attached hydrogen (secondary N) is 1. The molecule has 2 amide bonds. The summed E-state index contributed by atoms with van der Waals surface area (Å²) >= 11 is 11.8. The summed E-state index contributed by atoms with van der Waals surface area (Å²) in [5.74, 6) is -4.42. The van der Waals surface area contributed by atoms with Gasteiger partial charge in [-0.2, -0.15) is 18.3 Å². The number of anilines is 2. The summed E-state index contributed by atoms with van der Waals surface area (Å²) in [6.07, 6.45) is -4.44. The van der Waals surface area contributed by atoms with Gasteiger partial charge >= 0.3 is 6.18 Å². The lowest BCUT2D eigenvalue weighted by Crippen LogP contribution is -2.28. The fourth-order valence-corrected chi connectivity index (χ4v) is 6.50. The van der Waals surface area contributed by atoms with Gasteiger partial charge in [-0.15, -0.1) is 0 Å². The fourth-order valence-electron chi connectivity index (χ4n) is 4.88. The lowest BCUT2D eigenvalue weighted by atomic mass is 10.1. The lowest BCUT2D eigenvalue weighted by Gasteiger charge is -2.19. The molecule has 0 radical (unpaired) electrons. The molecule has 9 nitrogen and oxygen atoms in total. The summed E-state index contributed by atoms with van der Waals surface area (Å²) in [6.45, 7) is 0.441. The van der Waals surface area contributed by atoms with Crippen molar-refractivity contribution in [3.8, 4) is 11.5 Å². The van der Waals surface area contributed by atoms with Crippen molar-refractivity contribution in [3.63, 3.8) is 0 Å². The molecule has 0 spiro atoms. The standard InChI is InChI=1S/C32H21BrClF5IN4O5P/c1-43(31(47)21-5-3-2-4-16(21)15-45)29-26-27(44(42-29)8-9-48-50-40)22(33)14-24(28(26)49-25-13-19(35)6-7-23(25)34)41-30(46)17-10-18(32(37,38)39)12-20(36)11-17/h2-7,10-15,50H,8-9H2,1H3,(H,41,46). The molecule has 0 fully saturated rings. The Bertz CT molecular complexity index is 2140. The maximum Gasteiger partial charge on any atom is 0.416 e. The molecule has 5 aromatic rings. The number of rotatable bonds is 11. The van der Waals surface area contributed by atoms with Crippen molar-refractivity contribution in [2.24, 2.45) is 0 Å². The van der Waals surface area contributed by atoms with Gasteiger partial charge in [-0.1, -0.05) is 29.8 Å². The number of hydrogen-bond donors (Lipinski definition) is 1. The second-order valence-electron chi connectivity index (χ2n) is 10.4. The van der Waals surface area contributed by atoms with Crippen LogP contribution < -0.4 is 15.0 Å². The first-order valence-electron chi connectivity index (χ1n) is 14.1. The van der Waals surface area contributed by atoms with Crippen molar-refractivity contribution in [3.05, 3.63) is 110 Å². The molecule has 0 saturated carbocycles. The molecule has 0 bridgehead atoms. The van der Waals surface area contributed by atoms with Gasteiger partial charge in [-0.3, -0.25) is 24.0 Å². The van der Waals surface area contributed by atoms with E-state index in [1.54, 1.807) is 12.1 Å². The molecule has 0 saturated heterocycles. The van der Waals surface area contributed by atoms with Crippen molar-refractivity contribution in [1.29, 1.82) is 0 Å². The van der Waals surface area contributed by atoms with Crippen molar-refractivity contribution in [2.75, 3.05) is 23.9 Å². The topological polar surface area (TPSA) is 103 Å². The number of fused-ring (bicyclic) bond motifs is 1. The van der Waals surface area contributed by atoms with E-state index in [-0.39, 0.29) is 74.7 Å². The number of halogens is 8. The molecule has 1 heterocycles. The zero-order chi connectivity index (χ0) is 36.3. The lowest BCUT2D eigenvalue weighted by molar-refractivity contribution is -0.137. The van der Waals surface area contributed by atoms with Crippen LogP contribution in [0.2, 0.25) is 5.02 Å². The minimum absolute atomic E-state index is 0.0351. The Kier molecular flexibility index (Phi) is 11.8. The molecule has 0 aliphatic heterocycles. The number of alkyl halides is 3. The van der Waals surface area contributed by atoms with Gasteiger partial charge in [0.05, 0.1) is 52.3 Å². The number of aldehydes is 1. The van der Waals surface area contributed by atoms with Gasteiger partial charge in [-0.05, 0) is 80.4 Å². The molecule has 18 heteroatoms. The number of amides is 2. The van der Waals surface area contributed by atoms with E-state index in [1.807, 2.05) is 22.0 Å². The number of aromatic nitrogens is 2. The quantitative estimate of drug-likeness (QED) is 0.0466. The highest BCUT2D eigenvalue weighted by molar-refractivity contribution is 14.2. The Balaban J connectivity index is 1.76. The van der Waals surface area contributed by atoms with Gasteiger partial charge in [0, 0.05) is 28.7 Å². The van der Waals surface area contributed by atoms with Crippen LogP contribution in [-0.2, 0) is 17.2 Å². The molecule has 4 aromatic carbocycles. The Morgan fingerprint density at radius 3 is 2.54 bits per heavy atom. The maximum absolute atomic E-state index is 14.4. The average Bonchev–Trinajstić information content (AvgIpc) is 3.46. The van der Waals surface area contributed by atoms with Crippen LogP contribution in [-0.4, -0.2) is 41.5 Å². The first-order chi connectivity index (χ1) is 23.7. The molecule has 1 unspecified atom stereocenters. The highest BCUT2D eigenvalue weighted by atomic mass is 127. The van der Waals surface area contributed by atoms with Crippen LogP contribution >= 0.6 is 56.0 Å². The second kappa shape index (κ2) is 15.7. The first-order valence-corrected chi connectivity index (χ1v) is 19.3. The van der Waals surface area contributed by atoms with Gasteiger partial charge in [0.2, 0.25) is 0 Å². The van der Waals surface area contributed by atoms with Crippen LogP contribution in [0, 0.1) is 11.6 Å². The molecular formula is C32H21BrClF5IN4O5P. The minimum Gasteiger partial charge on any atom is -0.453 e. The van der Waals surface area contributed by atoms with Crippen LogP contribution in [0.4, 0.5) is 33.5 Å². The van der Waals surface area contributed by atoms with Crippen LogP contribution in [0.1, 0.15) is 36.6 Å². The van der Waals surface area contributed by atoms with Crippen molar-refractivity contribution in [2.45, 2.75) is 12.7 Å². The molecule has 1 N–H and O–H groups in total. The first kappa shape index (κ1) is 37.6. The molecule has 0 aliphatic carbocycles. The second-order valence-corrected chi connectivity index (χ2v) is 13.4. The van der Waals surface area contributed by atoms with E-state index in [0.717, 1.165) is 17.0 Å². The predicted octanol–water partition coefficient (Wildman–Crippen LogP) is 9.84. The molecular weight excluding hydrogens is 889 g/mol. The predicted molar refractivity (Wildman–Crippen MR) is 191 cm³/mol. The largest absolute Gasteiger partial charge is 0.453 e. The van der Waals surface area contributed by atoms with Crippen LogP contribution in [0.25, 0.3) is 10.9 Å². The average molecular weight is 910 g/mol. The summed E-state index contributed by atoms with van der Waals surface area (Å²) in [4.78, 5) is 40.2. The Hall–Kier alpha value is -3.70. The Labute approximate surface area is 308 Å². The minimum atomic E-state index is -4.95. The van der Waals surface area contributed by atoms with E-state index in [9.17, 15) is 36.3 Å². The highest BCUT2D eigenvalue weighted by Crippen LogP contribution is 2.47. The zero-order valence-corrected chi connectivity index (χ0v) is 30.7. The van der Waals surface area contributed by atoms with Crippen LogP contribution in [0.5, 0.6) is 11.5 Å². The fraction of sp³-hybridized carbons (Fsp3) is 0.125. The monoisotopic (exact) mass is 908 g/mol. The van der Waals surface area contributed by atoms with Gasteiger partial charge in [0.1, 0.15) is 17.4 Å². The summed E-state index contributed by atoms with van der Waals surface area (Å²) < 4.78 is 82.5. The Morgan fingerprint density at radius 2 is 1.84 bits per heavy atom. The summed E-state index contributed by atoms with van der Waals surface area (Å²) in [5.41, 5.74) is -1.84. The third kappa shape index (κ3) is 8.09. The third-order valence-corrected chi connectivity index (χ3v) is 9.31. The third-order valence-electron chi connectivity index (χ3n) is 7.14. The SMILES string of the molecule is CN(C(=O)c1ccccc1C=O)c1nn(CCOPI)c2c(Br)cc(NC(=O)c3cc(F)cc(C(F)(F)F)c3)c(Oc3cc(F)ccc3Cl)c12. The number of carbonyl (C=O) groups excluding carboxylic acids is 3. The maximum atomic E-state index is 14.4. The van der Waals surface area contributed by atoms with Crippen LogP contribution in [0.15, 0.2) is 71.2 Å². The molecule has 0 aliphatic rings. The summed E-state index contributed by atoms with van der Waals surface area (Å²) in [5, 5.41) is 7.09. The summed E-state index contributed by atoms with van der Waals surface area (Å²) in [6, 6.07) is 12.0. The number of carbonyl (C=O) groups is 3. The van der Waals surface area contributed by atoms with E-state index in [0.29, 0.717) is 23.9 Å². The molecule has 5 rings (SSSR count).